The van der Waals surface area contributed by atoms with Gasteiger partial charge < -0.3 is 10.2 Å². The van der Waals surface area contributed by atoms with E-state index < -0.39 is 0 Å². The van der Waals surface area contributed by atoms with Gasteiger partial charge in [0.15, 0.2) is 0 Å². The molecule has 1 aliphatic heterocycles. The third-order valence-electron chi connectivity index (χ3n) is 8.97. The molecule has 2 heterocycles. The number of imide groups is 1. The SMILES string of the molecule is CCCCN1C(=O)c2ccc(NCC(=O)N(Cc3ccc(C(=O)Nc4nn[nH]n4)cc3)C3CCC(C(C)(C)C)CC3)cc2C1=O. The first-order chi connectivity index (χ1) is 21.5. The monoisotopic (exact) mass is 614 g/mol. The predicted molar refractivity (Wildman–Crippen MR) is 170 cm³/mol. The number of H-pyrrole nitrogens is 1. The van der Waals surface area contributed by atoms with Gasteiger partial charge in [0.1, 0.15) is 0 Å². The van der Waals surface area contributed by atoms with E-state index in [1.54, 1.807) is 30.3 Å². The average Bonchev–Trinajstić information content (AvgIpc) is 3.63. The number of aromatic amines is 1. The van der Waals surface area contributed by atoms with Gasteiger partial charge in [-0.3, -0.25) is 29.4 Å². The average molecular weight is 615 g/mol. The van der Waals surface area contributed by atoms with Crippen molar-refractivity contribution in [1.82, 2.24) is 30.4 Å². The number of carbonyl (C=O) groups is 4. The first kappa shape index (κ1) is 31.8. The molecule has 5 rings (SSSR count). The highest BCUT2D eigenvalue weighted by Gasteiger charge is 2.36. The maximum Gasteiger partial charge on any atom is 0.270 e. The lowest BCUT2D eigenvalue weighted by molar-refractivity contribution is -0.133. The van der Waals surface area contributed by atoms with Crippen LogP contribution in [-0.4, -0.2) is 73.2 Å². The largest absolute Gasteiger partial charge is 0.376 e. The summed E-state index contributed by atoms with van der Waals surface area (Å²) in [4.78, 5) is 55.3. The number of anilines is 2. The van der Waals surface area contributed by atoms with Crippen LogP contribution in [0.25, 0.3) is 0 Å². The predicted octanol–water partition coefficient (Wildman–Crippen LogP) is 4.89. The number of amides is 4. The Morgan fingerprint density at radius 2 is 1.71 bits per heavy atom. The molecule has 0 radical (unpaired) electrons. The number of rotatable bonds is 11. The minimum atomic E-state index is -0.358. The second kappa shape index (κ2) is 13.6. The van der Waals surface area contributed by atoms with Gasteiger partial charge in [-0.05, 0) is 84.5 Å². The van der Waals surface area contributed by atoms with Crippen LogP contribution < -0.4 is 10.6 Å². The van der Waals surface area contributed by atoms with Crippen LogP contribution in [0.1, 0.15) is 103 Å². The molecule has 0 unspecified atom stereocenters. The van der Waals surface area contributed by atoms with E-state index in [1.807, 2.05) is 24.0 Å². The Bertz CT molecular complexity index is 1520. The van der Waals surface area contributed by atoms with E-state index in [0.717, 1.165) is 44.1 Å². The van der Waals surface area contributed by atoms with Crippen LogP contribution in [0.3, 0.4) is 0 Å². The summed E-state index contributed by atoms with van der Waals surface area (Å²) in [5, 5.41) is 19.0. The Hall–Kier alpha value is -4.61. The van der Waals surface area contributed by atoms with Crippen LogP contribution in [0.5, 0.6) is 0 Å². The van der Waals surface area contributed by atoms with Gasteiger partial charge in [-0.1, -0.05) is 51.3 Å². The molecule has 2 aromatic carbocycles. The Morgan fingerprint density at radius 3 is 2.36 bits per heavy atom. The van der Waals surface area contributed by atoms with E-state index in [9.17, 15) is 19.2 Å². The maximum absolute atomic E-state index is 13.8. The highest BCUT2D eigenvalue weighted by molar-refractivity contribution is 6.21. The molecule has 1 saturated carbocycles. The lowest BCUT2D eigenvalue weighted by Gasteiger charge is -2.41. The molecule has 1 fully saturated rings. The van der Waals surface area contributed by atoms with Gasteiger partial charge in [0.2, 0.25) is 5.91 Å². The summed E-state index contributed by atoms with van der Waals surface area (Å²) in [7, 11) is 0. The number of hydrogen-bond donors (Lipinski definition) is 3. The number of unbranched alkanes of at least 4 members (excludes halogenated alkanes) is 1. The first-order valence-corrected chi connectivity index (χ1v) is 15.7. The molecule has 0 bridgehead atoms. The van der Waals surface area contributed by atoms with E-state index in [0.29, 0.717) is 41.4 Å². The number of fused-ring (bicyclic) bond motifs is 1. The molecular formula is C33H42N8O4. The highest BCUT2D eigenvalue weighted by Crippen LogP contribution is 2.39. The maximum atomic E-state index is 13.8. The minimum absolute atomic E-state index is 0.0465. The van der Waals surface area contributed by atoms with Crippen molar-refractivity contribution < 1.29 is 19.2 Å². The van der Waals surface area contributed by atoms with Crippen molar-refractivity contribution in [2.24, 2.45) is 11.3 Å². The van der Waals surface area contributed by atoms with Gasteiger partial charge in [0.05, 0.1) is 17.7 Å². The third-order valence-corrected chi connectivity index (χ3v) is 8.97. The zero-order valence-corrected chi connectivity index (χ0v) is 26.4. The lowest BCUT2D eigenvalue weighted by atomic mass is 9.71. The van der Waals surface area contributed by atoms with Crippen molar-refractivity contribution in [3.8, 4) is 0 Å². The van der Waals surface area contributed by atoms with Crippen LogP contribution in [0.4, 0.5) is 11.6 Å². The summed E-state index contributed by atoms with van der Waals surface area (Å²) in [6.45, 7) is 9.70. The van der Waals surface area contributed by atoms with Crippen LogP contribution in [0, 0.1) is 11.3 Å². The van der Waals surface area contributed by atoms with E-state index in [-0.39, 0.29) is 47.6 Å². The lowest BCUT2D eigenvalue weighted by Crippen LogP contribution is -2.45. The van der Waals surface area contributed by atoms with Crippen LogP contribution >= 0.6 is 0 Å². The van der Waals surface area contributed by atoms with Crippen LogP contribution in [-0.2, 0) is 11.3 Å². The Morgan fingerprint density at radius 1 is 1.00 bits per heavy atom. The fourth-order valence-electron chi connectivity index (χ4n) is 6.22. The normalized spacial score (nSPS) is 18.1. The Labute approximate surface area is 263 Å². The fraction of sp³-hybridized carbons (Fsp3) is 0.485. The number of hydrogen-bond acceptors (Lipinski definition) is 8. The van der Waals surface area contributed by atoms with E-state index in [1.165, 1.54) is 4.90 Å². The first-order valence-electron chi connectivity index (χ1n) is 15.7. The summed E-state index contributed by atoms with van der Waals surface area (Å²) in [6, 6.07) is 12.3. The summed E-state index contributed by atoms with van der Waals surface area (Å²) in [5.74, 6) is -0.271. The zero-order chi connectivity index (χ0) is 32.1. The van der Waals surface area contributed by atoms with E-state index >= 15 is 0 Å². The molecule has 12 nitrogen and oxygen atoms in total. The highest BCUT2D eigenvalue weighted by atomic mass is 16.2. The second-order valence-corrected chi connectivity index (χ2v) is 13.0. The van der Waals surface area contributed by atoms with Crippen LogP contribution in [0.15, 0.2) is 42.5 Å². The second-order valence-electron chi connectivity index (χ2n) is 13.0. The number of nitrogens with one attached hydrogen (secondary N) is 3. The molecule has 4 amide bonds. The minimum Gasteiger partial charge on any atom is -0.376 e. The molecule has 0 spiro atoms. The summed E-state index contributed by atoms with van der Waals surface area (Å²) in [5.41, 5.74) is 2.96. The van der Waals surface area contributed by atoms with Gasteiger partial charge >= 0.3 is 0 Å². The number of benzene rings is 2. The number of carbonyl (C=O) groups excluding carboxylic acids is 4. The van der Waals surface area contributed by atoms with E-state index in [4.69, 9.17) is 0 Å². The molecule has 2 aliphatic rings. The standard InChI is InChI=1S/C33H42N8O4/c1-5-6-17-40-30(44)26-16-13-24(18-27(26)31(40)45)34-19-28(42)41(25-14-11-23(12-15-25)33(2,3)4)20-21-7-9-22(10-8-21)29(43)35-32-36-38-39-37-32/h7-10,13,16,18,23,25,34H,5-6,11-12,14-15,17,19-20H2,1-4H3,(H2,35,36,37,38,39,43). The van der Waals surface area contributed by atoms with E-state index in [2.05, 4.69) is 52.0 Å². The number of aromatic nitrogens is 4. The third kappa shape index (κ3) is 7.38. The van der Waals surface area contributed by atoms with Gasteiger partial charge in [0, 0.05) is 30.4 Å². The van der Waals surface area contributed by atoms with Crippen molar-refractivity contribution in [2.75, 3.05) is 23.7 Å². The smallest absolute Gasteiger partial charge is 0.270 e. The van der Waals surface area contributed by atoms with Gasteiger partial charge in [0.25, 0.3) is 23.7 Å². The van der Waals surface area contributed by atoms with Crippen molar-refractivity contribution in [3.05, 3.63) is 64.7 Å². The van der Waals surface area contributed by atoms with Crippen molar-refractivity contribution in [2.45, 2.75) is 78.8 Å². The molecule has 0 saturated heterocycles. The molecular weight excluding hydrogens is 572 g/mol. The zero-order valence-electron chi connectivity index (χ0n) is 26.4. The molecule has 45 heavy (non-hydrogen) atoms. The van der Waals surface area contributed by atoms with Crippen molar-refractivity contribution in [3.63, 3.8) is 0 Å². The van der Waals surface area contributed by atoms with Crippen LogP contribution in [0.2, 0.25) is 0 Å². The summed E-state index contributed by atoms with van der Waals surface area (Å²) >= 11 is 0. The van der Waals surface area contributed by atoms with Gasteiger partial charge in [-0.2, -0.15) is 5.21 Å². The molecule has 3 aromatic rings. The molecule has 1 aromatic heterocycles. The Balaban J connectivity index is 1.27. The Kier molecular flexibility index (Phi) is 9.60. The molecule has 1 aliphatic carbocycles. The summed E-state index contributed by atoms with van der Waals surface area (Å²) < 4.78 is 0. The van der Waals surface area contributed by atoms with Gasteiger partial charge in [-0.25, -0.2) is 0 Å². The fourth-order valence-corrected chi connectivity index (χ4v) is 6.22. The van der Waals surface area contributed by atoms with Crippen molar-refractivity contribution >= 4 is 35.3 Å². The quantitative estimate of drug-likeness (QED) is 0.258. The number of tetrazole rings is 1. The topological polar surface area (TPSA) is 153 Å². The number of nitrogens with zero attached hydrogens (tertiary/aromatic N) is 5. The van der Waals surface area contributed by atoms with Crippen molar-refractivity contribution in [1.29, 1.82) is 0 Å². The molecule has 238 valence electrons. The molecule has 3 N–H and O–H groups in total. The molecule has 0 atom stereocenters. The summed E-state index contributed by atoms with van der Waals surface area (Å²) in [6.07, 6.45) is 5.59. The van der Waals surface area contributed by atoms with Gasteiger partial charge in [-0.15, -0.1) is 5.10 Å². The molecule has 12 heteroatoms.